The lowest BCUT2D eigenvalue weighted by Gasteiger charge is -2.24. The zero-order valence-corrected chi connectivity index (χ0v) is 12.9. The number of nitrogens with zero attached hydrogens (tertiary/aromatic N) is 1. The van der Waals surface area contributed by atoms with Crippen molar-refractivity contribution >= 4 is 41.3 Å². The average molecular weight is 332 g/mol. The fourth-order valence-electron chi connectivity index (χ4n) is 1.36. The van der Waals surface area contributed by atoms with Crippen molar-refractivity contribution in [1.29, 1.82) is 0 Å². The van der Waals surface area contributed by atoms with Crippen LogP contribution in [0.4, 0.5) is 0 Å². The Morgan fingerprint density at radius 1 is 1.11 bits per heavy atom. The van der Waals surface area contributed by atoms with Gasteiger partial charge >= 0.3 is 6.87 Å². The minimum Gasteiger partial charge on any atom is -0.301 e. The maximum absolute atomic E-state index is 12.2. The third-order valence-corrected chi connectivity index (χ3v) is 5.05. The normalized spacial score (nSPS) is 14.7. The van der Waals surface area contributed by atoms with Gasteiger partial charge in [-0.1, -0.05) is 30.3 Å². The molecule has 0 aliphatic heterocycles. The minimum absolute atomic E-state index is 0.197. The average Bonchev–Trinajstić information content (AvgIpc) is 2.37. The Labute approximate surface area is 122 Å². The summed E-state index contributed by atoms with van der Waals surface area (Å²) >= 11 is 17.2. The highest BCUT2D eigenvalue weighted by atomic mass is 35.7. The smallest absolute Gasteiger partial charge is 0.301 e. The molecule has 1 rings (SSSR count). The third-order valence-electron chi connectivity index (χ3n) is 2.26. The van der Waals surface area contributed by atoms with Crippen LogP contribution in [-0.2, 0) is 15.7 Å². The largest absolute Gasteiger partial charge is 0.363 e. The van der Waals surface area contributed by atoms with Crippen LogP contribution in [0.15, 0.2) is 30.3 Å². The molecule has 0 radical (unpaired) electrons. The Kier molecular flexibility index (Phi) is 7.62. The second kappa shape index (κ2) is 8.42. The molecule has 3 nitrogen and oxygen atoms in total. The molecule has 0 heterocycles. The van der Waals surface area contributed by atoms with Gasteiger partial charge in [-0.2, -0.15) is 0 Å². The van der Waals surface area contributed by atoms with Crippen molar-refractivity contribution in [3.05, 3.63) is 35.9 Å². The fraction of sp³-hybridized carbons (Fsp3) is 0.455. The van der Waals surface area contributed by atoms with Gasteiger partial charge in [-0.3, -0.25) is 4.57 Å². The highest BCUT2D eigenvalue weighted by molar-refractivity contribution is 7.83. The predicted molar refractivity (Wildman–Crippen MR) is 77.7 cm³/mol. The van der Waals surface area contributed by atoms with E-state index in [1.165, 1.54) is 4.67 Å². The van der Waals surface area contributed by atoms with E-state index in [9.17, 15) is 4.57 Å². The van der Waals surface area contributed by atoms with E-state index in [1.54, 1.807) is 0 Å². The van der Waals surface area contributed by atoms with E-state index in [0.29, 0.717) is 24.8 Å². The molecular formula is C11H15Cl3NO2P. The van der Waals surface area contributed by atoms with Gasteiger partial charge in [0.2, 0.25) is 0 Å². The molecule has 0 amide bonds. The van der Waals surface area contributed by atoms with Gasteiger partial charge in [0.1, 0.15) is 0 Å². The molecule has 7 heteroatoms. The lowest BCUT2D eigenvalue weighted by Crippen LogP contribution is -2.24. The highest BCUT2D eigenvalue weighted by Crippen LogP contribution is 2.56. The summed E-state index contributed by atoms with van der Waals surface area (Å²) < 4.78 is 19.0. The zero-order chi connectivity index (χ0) is 13.4. The Morgan fingerprint density at radius 3 is 2.17 bits per heavy atom. The second-order valence-electron chi connectivity index (χ2n) is 3.54. The van der Waals surface area contributed by atoms with E-state index in [4.69, 9.17) is 39.0 Å². The molecule has 0 saturated heterocycles. The third kappa shape index (κ3) is 5.48. The summed E-state index contributed by atoms with van der Waals surface area (Å²) in [6.07, 6.45) is 0. The Hall–Kier alpha value is 0.240. The number of benzene rings is 1. The van der Waals surface area contributed by atoms with Gasteiger partial charge < -0.3 is 4.52 Å². The zero-order valence-electron chi connectivity index (χ0n) is 9.77. The standard InChI is InChI=1S/C11H15Cl3NO2P/c12-6-8-15(9-7-13)18(14,16)17-10-11-4-2-1-3-5-11/h1-5H,6-10H2/i17+1. The molecule has 0 aliphatic rings. The molecular weight excluding hydrogens is 316 g/mol. The molecule has 0 aromatic heterocycles. The monoisotopic (exact) mass is 330 g/mol. The van der Waals surface area contributed by atoms with Crippen LogP contribution in [0.25, 0.3) is 0 Å². The van der Waals surface area contributed by atoms with Crippen molar-refractivity contribution in [3.63, 3.8) is 0 Å². The van der Waals surface area contributed by atoms with E-state index in [0.717, 1.165) is 5.56 Å². The van der Waals surface area contributed by atoms with Crippen LogP contribution < -0.4 is 0 Å². The van der Waals surface area contributed by atoms with Crippen LogP contribution in [0.1, 0.15) is 5.56 Å². The van der Waals surface area contributed by atoms with Crippen molar-refractivity contribution in [3.8, 4) is 0 Å². The summed E-state index contributed by atoms with van der Waals surface area (Å²) in [6, 6.07) is 9.42. The Balaban J connectivity index is 2.59. The number of alkyl halides is 2. The highest BCUT2D eigenvalue weighted by Gasteiger charge is 2.28. The summed E-state index contributed by atoms with van der Waals surface area (Å²) in [5, 5.41) is 0. The van der Waals surface area contributed by atoms with Crippen molar-refractivity contribution in [2.45, 2.75) is 6.61 Å². The van der Waals surface area contributed by atoms with Gasteiger partial charge in [-0.25, -0.2) is 4.67 Å². The van der Waals surface area contributed by atoms with E-state index >= 15 is 0 Å². The molecule has 0 N–H and O–H groups in total. The number of rotatable bonds is 8. The van der Waals surface area contributed by atoms with E-state index in [-0.39, 0.29) is 6.61 Å². The molecule has 1 unspecified atom stereocenters. The first-order valence-corrected chi connectivity index (χ1v) is 9.01. The number of hydrogen-bond donors (Lipinski definition) is 0. The second-order valence-corrected chi connectivity index (χ2v) is 7.31. The quantitative estimate of drug-likeness (QED) is 0.524. The molecule has 0 bridgehead atoms. The van der Waals surface area contributed by atoms with Gasteiger partial charge in [0.05, 0.1) is 6.61 Å². The summed E-state index contributed by atoms with van der Waals surface area (Å²) in [7, 11) is 0. The first-order chi connectivity index (χ1) is 8.60. The van der Waals surface area contributed by atoms with Gasteiger partial charge in [0, 0.05) is 24.8 Å². The van der Waals surface area contributed by atoms with Crippen LogP contribution >= 0.6 is 41.3 Å². The lowest BCUT2D eigenvalue weighted by atomic mass is 10.2. The maximum Gasteiger partial charge on any atom is 0.363 e. The summed E-state index contributed by atoms with van der Waals surface area (Å²) in [5.74, 6) is 0.643. The van der Waals surface area contributed by atoms with Crippen molar-refractivity contribution in [1.82, 2.24) is 4.67 Å². The van der Waals surface area contributed by atoms with E-state index in [1.807, 2.05) is 30.3 Å². The van der Waals surface area contributed by atoms with Gasteiger partial charge in [-0.15, -0.1) is 23.2 Å². The van der Waals surface area contributed by atoms with E-state index in [2.05, 4.69) is 0 Å². The molecule has 1 aromatic rings. The summed E-state index contributed by atoms with van der Waals surface area (Å²) in [5.41, 5.74) is 0.912. The molecule has 1 atom stereocenters. The number of hydrogen-bond acceptors (Lipinski definition) is 2. The topological polar surface area (TPSA) is 29.5 Å². The van der Waals surface area contributed by atoms with Crippen LogP contribution in [-0.4, -0.2) is 29.5 Å². The van der Waals surface area contributed by atoms with Crippen LogP contribution in [0.2, 0.25) is 0 Å². The van der Waals surface area contributed by atoms with E-state index < -0.39 is 6.87 Å². The first-order valence-electron chi connectivity index (χ1n) is 5.45. The van der Waals surface area contributed by atoms with Crippen molar-refractivity contribution < 1.29 is 9.09 Å². The molecule has 1 aromatic carbocycles. The molecule has 0 spiro atoms. The fourth-order valence-corrected chi connectivity index (χ4v) is 3.75. The molecule has 0 aliphatic carbocycles. The Morgan fingerprint density at radius 2 is 1.67 bits per heavy atom. The maximum atomic E-state index is 12.2. The number of halogens is 3. The molecule has 18 heavy (non-hydrogen) atoms. The van der Waals surface area contributed by atoms with Gasteiger partial charge in [0.25, 0.3) is 0 Å². The minimum atomic E-state index is -3.36. The lowest BCUT2D eigenvalue weighted by molar-refractivity contribution is 0.270. The predicted octanol–water partition coefficient (Wildman–Crippen LogP) is 4.33. The molecule has 102 valence electrons. The van der Waals surface area contributed by atoms with Crippen LogP contribution in [0.3, 0.4) is 0 Å². The van der Waals surface area contributed by atoms with Gasteiger partial charge in [0.15, 0.2) is 0 Å². The SMILES string of the molecule is O=P(Cl)([17O]Cc1ccccc1)N(CCCl)CCCl. The van der Waals surface area contributed by atoms with Gasteiger partial charge in [-0.05, 0) is 16.8 Å². The molecule has 0 fully saturated rings. The Bertz CT molecular complexity index is 385. The summed E-state index contributed by atoms with van der Waals surface area (Å²) in [6.45, 7) is -2.41. The van der Waals surface area contributed by atoms with Crippen LogP contribution in [0.5, 0.6) is 0 Å². The van der Waals surface area contributed by atoms with Crippen LogP contribution in [0, 0.1) is 0 Å². The first kappa shape index (κ1) is 16.3. The van der Waals surface area contributed by atoms with Crippen molar-refractivity contribution in [2.24, 2.45) is 0 Å². The summed E-state index contributed by atoms with van der Waals surface area (Å²) in [4.78, 5) is 0. The molecule has 0 saturated carbocycles. The van der Waals surface area contributed by atoms with Crippen molar-refractivity contribution in [2.75, 3.05) is 24.8 Å².